The number of piperazine rings is 1. The van der Waals surface area contributed by atoms with E-state index in [1.807, 2.05) is 45.9 Å². The van der Waals surface area contributed by atoms with Crippen molar-refractivity contribution in [2.24, 2.45) is 17.8 Å². The summed E-state index contributed by atoms with van der Waals surface area (Å²) in [7, 11) is 2.19. The van der Waals surface area contributed by atoms with Crippen molar-refractivity contribution in [1.82, 2.24) is 4.90 Å². The molecule has 292 valence electrons. The lowest BCUT2D eigenvalue weighted by Gasteiger charge is -2.45. The van der Waals surface area contributed by atoms with E-state index in [9.17, 15) is 24.6 Å². The number of quaternary nitrogens is 1. The maximum absolute atomic E-state index is 13.6. The van der Waals surface area contributed by atoms with Crippen LogP contribution >= 0.6 is 0 Å². The largest absolute Gasteiger partial charge is 1.00 e. The van der Waals surface area contributed by atoms with Gasteiger partial charge < -0.3 is 57.6 Å². The summed E-state index contributed by atoms with van der Waals surface area (Å²) in [6.45, 7) is 20.0. The molecule has 3 aliphatic heterocycles. The summed E-state index contributed by atoms with van der Waals surface area (Å²) in [5.74, 6) is -1.05. The van der Waals surface area contributed by atoms with Crippen LogP contribution in [-0.4, -0.2) is 119 Å². The van der Waals surface area contributed by atoms with Crippen molar-refractivity contribution in [3.8, 4) is 0 Å². The second kappa shape index (κ2) is 19.9. The number of esters is 2. The number of hydrogen-bond acceptors (Lipinski definition) is 9. The van der Waals surface area contributed by atoms with Crippen molar-refractivity contribution in [2.75, 3.05) is 33.2 Å². The number of halogens is 1. The Morgan fingerprint density at radius 1 is 1.16 bits per heavy atom. The normalized spacial score (nSPS) is 32.8. The number of ether oxygens (including phenoxy) is 4. The molecule has 0 spiro atoms. The zero-order valence-electron chi connectivity index (χ0n) is 32.5. The summed E-state index contributed by atoms with van der Waals surface area (Å²) in [5.41, 5.74) is -0.493. The van der Waals surface area contributed by atoms with E-state index >= 15 is 0 Å². The third-order valence-corrected chi connectivity index (χ3v) is 11.2. The second-order valence-corrected chi connectivity index (χ2v) is 15.8. The average Bonchev–Trinajstić information content (AvgIpc) is 3.81. The molecule has 0 saturated carbocycles. The van der Waals surface area contributed by atoms with Crippen LogP contribution < -0.4 is 24.0 Å². The lowest BCUT2D eigenvalue weighted by molar-refractivity contribution is -0.933. The Bertz CT molecular complexity index is 1250. The minimum absolute atomic E-state index is 0. The van der Waals surface area contributed by atoms with E-state index in [4.69, 9.17) is 18.9 Å². The van der Waals surface area contributed by atoms with E-state index < -0.39 is 41.9 Å². The van der Waals surface area contributed by atoms with Gasteiger partial charge in [-0.1, -0.05) is 52.0 Å². The van der Waals surface area contributed by atoms with Crippen LogP contribution in [0.4, 0.5) is 4.79 Å². The molecular weight excluding hydrogens is 767 g/mol. The smallest absolute Gasteiger partial charge is 0.410 e. The Morgan fingerprint density at radius 2 is 1.80 bits per heavy atom. The molecule has 2 N–H and O–H groups in total. The molecule has 1 amide bonds. The second-order valence-electron chi connectivity index (χ2n) is 15.8. The highest BCUT2D eigenvalue weighted by atomic mass is 127. The molecule has 0 aromatic rings. The molecule has 0 aromatic heterocycles. The van der Waals surface area contributed by atoms with Crippen LogP contribution in [0.15, 0.2) is 36.0 Å². The predicted molar refractivity (Wildman–Crippen MR) is 192 cm³/mol. The lowest BCUT2D eigenvalue weighted by Crippen LogP contribution is -3.00. The first-order valence-corrected chi connectivity index (χ1v) is 18.6. The molecule has 2 fully saturated rings. The lowest BCUT2D eigenvalue weighted by atomic mass is 9.88. The molecule has 12 heteroatoms. The van der Waals surface area contributed by atoms with Crippen molar-refractivity contribution in [3.05, 3.63) is 36.0 Å². The van der Waals surface area contributed by atoms with Crippen LogP contribution in [-0.2, 0) is 28.5 Å². The maximum Gasteiger partial charge on any atom is 0.410 e. The highest BCUT2D eigenvalue weighted by molar-refractivity contribution is 5.71. The molecule has 0 aliphatic carbocycles. The predicted octanol–water partition coefficient (Wildman–Crippen LogP) is 2.34. The van der Waals surface area contributed by atoms with Gasteiger partial charge in [0, 0.05) is 18.8 Å². The molecular formula is C39H65IN2O9. The Labute approximate surface area is 323 Å². The summed E-state index contributed by atoms with van der Waals surface area (Å²) in [4.78, 5) is 40.6. The van der Waals surface area contributed by atoms with E-state index in [-0.39, 0.29) is 79.3 Å². The zero-order valence-corrected chi connectivity index (χ0v) is 34.7. The topological polar surface area (TPSA) is 135 Å². The minimum atomic E-state index is -1.30. The van der Waals surface area contributed by atoms with Crippen LogP contribution in [0.5, 0.6) is 0 Å². The fourth-order valence-corrected chi connectivity index (χ4v) is 6.95. The van der Waals surface area contributed by atoms with Gasteiger partial charge in [0.25, 0.3) is 0 Å². The number of rotatable bonds is 11. The number of carbonyl (C=O) groups is 3. The van der Waals surface area contributed by atoms with E-state index in [0.717, 1.165) is 29.6 Å². The molecule has 3 heterocycles. The van der Waals surface area contributed by atoms with Crippen molar-refractivity contribution in [1.29, 1.82) is 0 Å². The molecule has 3 rings (SSSR count). The molecule has 0 radical (unpaired) electrons. The quantitative estimate of drug-likeness (QED) is 0.0613. The summed E-state index contributed by atoms with van der Waals surface area (Å²) in [5, 5.41) is 21.1. The standard InChI is InChI=1S/C39H65N2O9.HI/c1-11-32(44)29(7)37-33(48-37)23-26(4)13-12-14-27(5)36-28(6)15-16-34(47-30(8)42)39(9,18-17-31(43)24-35(45)49-36)50-38(46)40-19-21-41(10,22-20-40)25(2)3;/h12-16,25-26,28-29,31-34,36-37,43-44H,11,17-24H2,1-10H3;1H/q+1;/p-1/b13-12+,16-15+,27-14+;/t26-,28+,29-,31-,32+,33-,34+,36-,37-,39-;/m1./s1. The summed E-state index contributed by atoms with van der Waals surface area (Å²) in [6.07, 6.45) is 7.88. The fraction of sp³-hybridized carbons (Fsp3) is 0.769. The van der Waals surface area contributed by atoms with Gasteiger partial charge in [0.05, 0.1) is 70.1 Å². The number of aliphatic hydroxyl groups is 2. The van der Waals surface area contributed by atoms with Crippen LogP contribution in [0.1, 0.15) is 94.4 Å². The number of hydrogen-bond donors (Lipinski definition) is 2. The average molecular weight is 833 g/mol. The SMILES string of the molecule is CC[C@H](O)[C@@H](C)[C@H]1O[C@@H]1C[C@H](C)/C=C/C=C(\C)[C@H]1OC(=O)C[C@H](O)CC[C@@](C)(OC(=O)N2CC[N+](C)(C(C)C)CC2)[C@@H](OC(C)=O)/C=C/[C@@H]1C.[I-]. The Morgan fingerprint density at radius 3 is 2.39 bits per heavy atom. The number of carbonyl (C=O) groups excluding carboxylic acids is 3. The number of allylic oxidation sites excluding steroid dienone is 3. The molecule has 2 saturated heterocycles. The molecule has 0 unspecified atom stereocenters. The van der Waals surface area contributed by atoms with Gasteiger partial charge in [-0.25, -0.2) is 4.79 Å². The highest BCUT2D eigenvalue weighted by Crippen LogP contribution is 2.36. The van der Waals surface area contributed by atoms with E-state index in [0.29, 0.717) is 25.6 Å². The van der Waals surface area contributed by atoms with Gasteiger partial charge in [-0.3, -0.25) is 14.5 Å². The Kier molecular flexibility index (Phi) is 17.6. The number of aliphatic hydroxyl groups excluding tert-OH is 2. The maximum atomic E-state index is 13.6. The van der Waals surface area contributed by atoms with Crippen molar-refractivity contribution >= 4 is 18.0 Å². The summed E-state index contributed by atoms with van der Waals surface area (Å²) < 4.78 is 24.6. The highest BCUT2D eigenvalue weighted by Gasteiger charge is 2.45. The van der Waals surface area contributed by atoms with Crippen molar-refractivity contribution < 1.29 is 72.0 Å². The van der Waals surface area contributed by atoms with E-state index in [1.165, 1.54) is 6.92 Å². The molecule has 10 atom stereocenters. The van der Waals surface area contributed by atoms with Gasteiger partial charge in [-0.2, -0.15) is 0 Å². The number of cyclic esters (lactones) is 1. The number of likely N-dealkylation sites (N-methyl/N-ethyl adjacent to an activating group) is 1. The number of epoxide rings is 1. The third kappa shape index (κ3) is 13.1. The van der Waals surface area contributed by atoms with Gasteiger partial charge in [0.1, 0.15) is 6.10 Å². The van der Waals surface area contributed by atoms with Crippen LogP contribution in [0.25, 0.3) is 0 Å². The van der Waals surface area contributed by atoms with Crippen LogP contribution in [0.3, 0.4) is 0 Å². The first kappa shape index (κ1) is 45.2. The van der Waals surface area contributed by atoms with Gasteiger partial charge in [0.15, 0.2) is 11.7 Å². The van der Waals surface area contributed by atoms with Gasteiger partial charge in [-0.15, -0.1) is 0 Å². The Hall–Kier alpha value is -2.00. The van der Waals surface area contributed by atoms with Crippen molar-refractivity contribution in [2.45, 2.75) is 143 Å². The molecule has 3 aliphatic rings. The van der Waals surface area contributed by atoms with Gasteiger partial charge >= 0.3 is 18.0 Å². The zero-order chi connectivity index (χ0) is 37.4. The van der Waals surface area contributed by atoms with Crippen LogP contribution in [0, 0.1) is 17.8 Å². The van der Waals surface area contributed by atoms with Gasteiger partial charge in [0.2, 0.25) is 0 Å². The third-order valence-electron chi connectivity index (χ3n) is 11.2. The molecule has 0 aromatic carbocycles. The first-order valence-electron chi connectivity index (χ1n) is 18.6. The van der Waals surface area contributed by atoms with Crippen molar-refractivity contribution in [3.63, 3.8) is 0 Å². The number of nitrogens with zero attached hydrogens (tertiary/aromatic N) is 2. The Balaban J connectivity index is 0.00000901. The summed E-state index contributed by atoms with van der Waals surface area (Å²) in [6, 6.07) is 0.429. The van der Waals surface area contributed by atoms with E-state index in [1.54, 1.807) is 17.9 Å². The monoisotopic (exact) mass is 832 g/mol. The summed E-state index contributed by atoms with van der Waals surface area (Å²) >= 11 is 0. The van der Waals surface area contributed by atoms with Crippen LogP contribution in [0.2, 0.25) is 0 Å². The molecule has 51 heavy (non-hydrogen) atoms. The fourth-order valence-electron chi connectivity index (χ4n) is 6.95. The number of amides is 1. The molecule has 0 bridgehead atoms. The molecule has 11 nitrogen and oxygen atoms in total. The first-order chi connectivity index (χ1) is 23.4. The van der Waals surface area contributed by atoms with E-state index in [2.05, 4.69) is 33.9 Å². The minimum Gasteiger partial charge on any atom is -1.00 e. The van der Waals surface area contributed by atoms with Gasteiger partial charge in [-0.05, 0) is 70.9 Å².